The van der Waals surface area contributed by atoms with Crippen molar-refractivity contribution < 1.29 is 18.8 Å². The predicted octanol–water partition coefficient (Wildman–Crippen LogP) is 5.25. The number of anilines is 1. The molecule has 4 rings (SSSR count). The summed E-state index contributed by atoms with van der Waals surface area (Å²) in [6.45, 7) is 4.09. The number of thiazole rings is 1. The molecule has 2 aromatic carbocycles. The van der Waals surface area contributed by atoms with Crippen molar-refractivity contribution in [3.63, 3.8) is 0 Å². The van der Waals surface area contributed by atoms with Crippen molar-refractivity contribution >= 4 is 22.4 Å². The molecule has 8 heteroatoms. The second kappa shape index (κ2) is 9.01. The van der Waals surface area contributed by atoms with Gasteiger partial charge in [0.05, 0.1) is 24.1 Å². The van der Waals surface area contributed by atoms with E-state index in [0.29, 0.717) is 23.1 Å². The zero-order valence-corrected chi connectivity index (χ0v) is 18.2. The number of benzene rings is 2. The summed E-state index contributed by atoms with van der Waals surface area (Å²) in [6.07, 6.45) is 0. The summed E-state index contributed by atoms with van der Waals surface area (Å²) in [5, 5.41) is 9.20. The second-order valence-corrected chi connectivity index (χ2v) is 7.69. The molecule has 7 nitrogen and oxygen atoms in total. The molecule has 0 atom stereocenters. The summed E-state index contributed by atoms with van der Waals surface area (Å²) < 4.78 is 16.1. The van der Waals surface area contributed by atoms with Crippen LogP contribution in [0.15, 0.2) is 58.4 Å². The first-order valence-electron chi connectivity index (χ1n) is 9.59. The van der Waals surface area contributed by atoms with Crippen LogP contribution < -0.4 is 14.8 Å². The lowest BCUT2D eigenvalue weighted by atomic mass is 10.2. The van der Waals surface area contributed by atoms with E-state index >= 15 is 0 Å². The minimum absolute atomic E-state index is 0.229. The normalized spacial score (nSPS) is 10.7. The third-order valence-electron chi connectivity index (χ3n) is 4.79. The number of amides is 1. The number of aryl methyl sites for hydroxylation is 2. The van der Waals surface area contributed by atoms with Crippen LogP contribution in [0, 0.1) is 13.8 Å². The molecule has 0 saturated carbocycles. The van der Waals surface area contributed by atoms with E-state index in [4.69, 9.17) is 14.0 Å². The van der Waals surface area contributed by atoms with Gasteiger partial charge < -0.3 is 14.0 Å². The zero-order valence-electron chi connectivity index (χ0n) is 17.3. The number of ether oxygens (including phenoxy) is 2. The Bertz CT molecular complexity index is 1160. The SMILES string of the molecule is COc1ccc(-c2csc(NC(=O)c3ccc(OCc4c(C)noc4C)cc3)n2)cc1. The van der Waals surface area contributed by atoms with E-state index in [9.17, 15) is 4.79 Å². The summed E-state index contributed by atoms with van der Waals surface area (Å²) >= 11 is 1.38. The highest BCUT2D eigenvalue weighted by molar-refractivity contribution is 7.14. The largest absolute Gasteiger partial charge is 0.497 e. The molecule has 0 unspecified atom stereocenters. The Kier molecular flexibility index (Phi) is 5.99. The van der Waals surface area contributed by atoms with Crippen molar-refractivity contribution in [3.8, 4) is 22.8 Å². The maximum Gasteiger partial charge on any atom is 0.257 e. The molecule has 0 radical (unpaired) electrons. The molecule has 31 heavy (non-hydrogen) atoms. The van der Waals surface area contributed by atoms with E-state index in [1.54, 1.807) is 31.4 Å². The number of aromatic nitrogens is 2. The van der Waals surface area contributed by atoms with Gasteiger partial charge in [0.15, 0.2) is 5.13 Å². The molecule has 4 aromatic rings. The summed E-state index contributed by atoms with van der Waals surface area (Å²) in [6, 6.07) is 14.6. The van der Waals surface area contributed by atoms with Gasteiger partial charge in [-0.3, -0.25) is 10.1 Å². The molecular formula is C23H21N3O4S. The lowest BCUT2D eigenvalue weighted by Gasteiger charge is -2.07. The van der Waals surface area contributed by atoms with Gasteiger partial charge >= 0.3 is 0 Å². The first-order valence-corrected chi connectivity index (χ1v) is 10.5. The van der Waals surface area contributed by atoms with Crippen molar-refractivity contribution in [1.29, 1.82) is 0 Å². The maximum atomic E-state index is 12.6. The van der Waals surface area contributed by atoms with Gasteiger partial charge in [-0.25, -0.2) is 4.98 Å². The van der Waals surface area contributed by atoms with Crippen molar-refractivity contribution in [3.05, 3.63) is 76.5 Å². The molecule has 0 bridgehead atoms. The van der Waals surface area contributed by atoms with Crippen LogP contribution in [0.25, 0.3) is 11.3 Å². The van der Waals surface area contributed by atoms with Gasteiger partial charge in [0.25, 0.3) is 5.91 Å². The standard InChI is InChI=1S/C23H21N3O4S/c1-14-20(15(2)30-26-14)12-29-19-10-6-17(7-11-19)22(27)25-23-24-21(13-31-23)16-4-8-18(28-3)9-5-16/h4-11,13H,12H2,1-3H3,(H,24,25,27). The lowest BCUT2D eigenvalue weighted by molar-refractivity contribution is 0.102. The van der Waals surface area contributed by atoms with Crippen LogP contribution in [0.4, 0.5) is 5.13 Å². The fourth-order valence-electron chi connectivity index (χ4n) is 2.96. The first-order chi connectivity index (χ1) is 15.0. The van der Waals surface area contributed by atoms with Gasteiger partial charge in [0.2, 0.25) is 0 Å². The average Bonchev–Trinajstić information content (AvgIpc) is 3.39. The van der Waals surface area contributed by atoms with Crippen LogP contribution in [0.3, 0.4) is 0 Å². The number of carbonyl (C=O) groups excluding carboxylic acids is 1. The molecule has 0 aliphatic rings. The predicted molar refractivity (Wildman–Crippen MR) is 119 cm³/mol. The quantitative estimate of drug-likeness (QED) is 0.426. The van der Waals surface area contributed by atoms with Crippen LogP contribution in [0.5, 0.6) is 11.5 Å². The van der Waals surface area contributed by atoms with Crippen molar-refractivity contribution in [1.82, 2.24) is 10.1 Å². The van der Waals surface area contributed by atoms with Crippen LogP contribution in [-0.4, -0.2) is 23.2 Å². The molecule has 2 aromatic heterocycles. The van der Waals surface area contributed by atoms with E-state index in [-0.39, 0.29) is 5.91 Å². The topological polar surface area (TPSA) is 86.5 Å². The number of hydrogen-bond acceptors (Lipinski definition) is 7. The average molecular weight is 436 g/mol. The fraction of sp³-hybridized carbons (Fsp3) is 0.174. The molecule has 0 aliphatic carbocycles. The highest BCUT2D eigenvalue weighted by Gasteiger charge is 2.12. The summed E-state index contributed by atoms with van der Waals surface area (Å²) in [4.78, 5) is 17.1. The van der Waals surface area contributed by atoms with Gasteiger partial charge in [0, 0.05) is 16.5 Å². The molecule has 0 spiro atoms. The summed E-state index contributed by atoms with van der Waals surface area (Å²) in [7, 11) is 1.63. The van der Waals surface area contributed by atoms with Gasteiger partial charge in [-0.15, -0.1) is 11.3 Å². The number of nitrogens with zero attached hydrogens (tertiary/aromatic N) is 2. The van der Waals surface area contributed by atoms with Crippen molar-refractivity contribution in [2.75, 3.05) is 12.4 Å². The number of methoxy groups -OCH3 is 1. The molecule has 0 fully saturated rings. The second-order valence-electron chi connectivity index (χ2n) is 6.84. The highest BCUT2D eigenvalue weighted by Crippen LogP contribution is 2.27. The van der Waals surface area contributed by atoms with E-state index in [1.165, 1.54) is 11.3 Å². The van der Waals surface area contributed by atoms with Crippen molar-refractivity contribution in [2.24, 2.45) is 0 Å². The third kappa shape index (κ3) is 4.75. The number of hydrogen-bond donors (Lipinski definition) is 1. The fourth-order valence-corrected chi connectivity index (χ4v) is 3.68. The Morgan fingerprint density at radius 3 is 2.42 bits per heavy atom. The smallest absolute Gasteiger partial charge is 0.257 e. The molecular weight excluding hydrogens is 414 g/mol. The lowest BCUT2D eigenvalue weighted by Crippen LogP contribution is -2.11. The Balaban J connectivity index is 1.37. The number of rotatable bonds is 7. The van der Waals surface area contributed by atoms with E-state index in [1.807, 2.05) is 43.5 Å². The van der Waals surface area contributed by atoms with E-state index in [2.05, 4.69) is 15.5 Å². The van der Waals surface area contributed by atoms with Crippen LogP contribution in [0.2, 0.25) is 0 Å². The highest BCUT2D eigenvalue weighted by atomic mass is 32.1. The minimum Gasteiger partial charge on any atom is -0.497 e. The van der Waals surface area contributed by atoms with Gasteiger partial charge in [-0.2, -0.15) is 0 Å². The van der Waals surface area contributed by atoms with Crippen molar-refractivity contribution in [2.45, 2.75) is 20.5 Å². The van der Waals surface area contributed by atoms with Gasteiger partial charge in [0.1, 0.15) is 23.9 Å². The Morgan fingerprint density at radius 1 is 1.06 bits per heavy atom. The van der Waals surface area contributed by atoms with Crippen LogP contribution in [-0.2, 0) is 6.61 Å². The van der Waals surface area contributed by atoms with Gasteiger partial charge in [-0.05, 0) is 62.4 Å². The van der Waals surface area contributed by atoms with E-state index in [0.717, 1.165) is 34.0 Å². The van der Waals surface area contributed by atoms with Gasteiger partial charge in [-0.1, -0.05) is 5.16 Å². The van der Waals surface area contributed by atoms with Crippen LogP contribution in [0.1, 0.15) is 27.4 Å². The maximum absolute atomic E-state index is 12.6. The molecule has 1 amide bonds. The molecule has 0 saturated heterocycles. The monoisotopic (exact) mass is 435 g/mol. The van der Waals surface area contributed by atoms with E-state index < -0.39 is 0 Å². The Labute approximate surface area is 183 Å². The minimum atomic E-state index is -0.229. The first kappa shape index (κ1) is 20.6. The number of nitrogens with one attached hydrogen (secondary N) is 1. The zero-order chi connectivity index (χ0) is 21.8. The molecule has 2 heterocycles. The Morgan fingerprint density at radius 2 is 1.77 bits per heavy atom. The van der Waals surface area contributed by atoms with Crippen LogP contribution >= 0.6 is 11.3 Å². The molecule has 1 N–H and O–H groups in total. The molecule has 0 aliphatic heterocycles. The third-order valence-corrected chi connectivity index (χ3v) is 5.55. The Hall–Kier alpha value is -3.65. The summed E-state index contributed by atoms with van der Waals surface area (Å²) in [5.41, 5.74) is 4.01. The molecule has 158 valence electrons. The number of carbonyl (C=O) groups is 1. The summed E-state index contributed by atoms with van der Waals surface area (Å²) in [5.74, 6) is 1.96.